The van der Waals surface area contributed by atoms with Gasteiger partial charge in [-0.1, -0.05) is 0 Å². The van der Waals surface area contributed by atoms with E-state index in [4.69, 9.17) is 0 Å². The van der Waals surface area contributed by atoms with Crippen LogP contribution in [0.1, 0.15) is 31.2 Å². The molecular formula is C17H21F3N2O3S. The predicted molar refractivity (Wildman–Crippen MR) is 88.7 cm³/mol. The Labute approximate surface area is 150 Å². The van der Waals surface area contributed by atoms with Crippen LogP contribution in [0.25, 0.3) is 0 Å². The normalized spacial score (nSPS) is 20.5. The van der Waals surface area contributed by atoms with Crippen LogP contribution < -0.4 is 0 Å². The molecule has 26 heavy (non-hydrogen) atoms. The lowest BCUT2D eigenvalue weighted by Gasteiger charge is -2.32. The fourth-order valence-electron chi connectivity index (χ4n) is 3.50. The van der Waals surface area contributed by atoms with Gasteiger partial charge in [-0.25, -0.2) is 8.42 Å². The van der Waals surface area contributed by atoms with Crippen LogP contribution in [0.3, 0.4) is 0 Å². The van der Waals surface area contributed by atoms with E-state index < -0.39 is 21.8 Å². The van der Waals surface area contributed by atoms with Gasteiger partial charge in [-0.3, -0.25) is 4.79 Å². The SMILES string of the molecule is O=C(C1CCN(S(=O)(=O)c2ccc(C(F)(F)F)cc2)CC1)N1CCCC1. The first-order valence-electron chi connectivity index (χ1n) is 8.66. The van der Waals surface area contributed by atoms with E-state index in [2.05, 4.69) is 0 Å². The first-order valence-corrected chi connectivity index (χ1v) is 10.1. The fraction of sp³-hybridized carbons (Fsp3) is 0.588. The van der Waals surface area contributed by atoms with Crippen molar-refractivity contribution >= 4 is 15.9 Å². The number of hydrogen-bond donors (Lipinski definition) is 0. The van der Waals surface area contributed by atoms with Crippen molar-refractivity contribution in [3.05, 3.63) is 29.8 Å². The third-order valence-corrected chi connectivity index (χ3v) is 6.95. The number of sulfonamides is 1. The van der Waals surface area contributed by atoms with Gasteiger partial charge in [0.1, 0.15) is 0 Å². The number of carbonyl (C=O) groups is 1. The molecule has 0 atom stereocenters. The van der Waals surface area contributed by atoms with Crippen molar-refractivity contribution in [3.8, 4) is 0 Å². The van der Waals surface area contributed by atoms with Crippen LogP contribution in [-0.4, -0.2) is 49.7 Å². The Kier molecular flexibility index (Phi) is 5.30. The molecule has 2 aliphatic rings. The number of piperidine rings is 1. The van der Waals surface area contributed by atoms with Gasteiger partial charge in [-0.15, -0.1) is 0 Å². The molecule has 2 aliphatic heterocycles. The largest absolute Gasteiger partial charge is 0.416 e. The summed E-state index contributed by atoms with van der Waals surface area (Å²) in [5.74, 6) is -0.0822. The van der Waals surface area contributed by atoms with E-state index in [1.807, 2.05) is 4.90 Å². The highest BCUT2D eigenvalue weighted by Crippen LogP contribution is 2.31. The Hall–Kier alpha value is -1.61. The van der Waals surface area contributed by atoms with Crippen molar-refractivity contribution in [1.29, 1.82) is 0 Å². The summed E-state index contributed by atoms with van der Waals surface area (Å²) in [5, 5.41) is 0. The molecule has 0 radical (unpaired) electrons. The maximum absolute atomic E-state index is 12.6. The Bertz CT molecular complexity index is 748. The van der Waals surface area contributed by atoms with Crippen molar-refractivity contribution in [2.45, 2.75) is 36.8 Å². The predicted octanol–water partition coefficient (Wildman–Crippen LogP) is 2.73. The molecule has 1 aromatic carbocycles. The number of nitrogens with zero attached hydrogens (tertiary/aromatic N) is 2. The van der Waals surface area contributed by atoms with E-state index in [-0.39, 0.29) is 29.8 Å². The molecule has 0 spiro atoms. The van der Waals surface area contributed by atoms with Gasteiger partial charge in [0.05, 0.1) is 10.5 Å². The summed E-state index contributed by atoms with van der Waals surface area (Å²) in [6, 6.07) is 3.52. The Morgan fingerprint density at radius 1 is 0.962 bits per heavy atom. The summed E-state index contributed by atoms with van der Waals surface area (Å²) in [6.07, 6.45) is -1.61. The van der Waals surface area contributed by atoms with Gasteiger partial charge < -0.3 is 4.90 Å². The number of alkyl halides is 3. The number of benzene rings is 1. The Morgan fingerprint density at radius 3 is 2.00 bits per heavy atom. The maximum Gasteiger partial charge on any atom is 0.416 e. The highest BCUT2D eigenvalue weighted by molar-refractivity contribution is 7.89. The minimum atomic E-state index is -4.50. The summed E-state index contributed by atoms with van der Waals surface area (Å²) in [7, 11) is -3.85. The van der Waals surface area contributed by atoms with Gasteiger partial charge in [0.25, 0.3) is 0 Å². The highest BCUT2D eigenvalue weighted by atomic mass is 32.2. The molecular weight excluding hydrogens is 369 g/mol. The second-order valence-corrected chi connectivity index (χ2v) is 8.67. The molecule has 0 N–H and O–H groups in total. The van der Waals surface area contributed by atoms with Gasteiger partial charge in [-0.2, -0.15) is 17.5 Å². The van der Waals surface area contributed by atoms with Gasteiger partial charge in [0.15, 0.2) is 0 Å². The molecule has 0 saturated carbocycles. The molecule has 1 amide bonds. The van der Waals surface area contributed by atoms with E-state index in [9.17, 15) is 26.4 Å². The van der Waals surface area contributed by atoms with Crippen molar-refractivity contribution in [2.24, 2.45) is 5.92 Å². The topological polar surface area (TPSA) is 57.7 Å². The monoisotopic (exact) mass is 390 g/mol. The van der Waals surface area contributed by atoms with Crippen LogP contribution in [0.4, 0.5) is 13.2 Å². The lowest BCUT2D eigenvalue weighted by atomic mass is 9.97. The lowest BCUT2D eigenvalue weighted by molar-refractivity contribution is -0.137. The standard InChI is InChI=1S/C17H21F3N2O3S/c18-17(19,20)14-3-5-15(6-4-14)26(24,25)22-11-7-13(8-12-22)16(23)21-9-1-2-10-21/h3-6,13H,1-2,7-12H2. The van der Waals surface area contributed by atoms with Gasteiger partial charge in [-0.05, 0) is 49.9 Å². The van der Waals surface area contributed by atoms with Crippen LogP contribution in [0.5, 0.6) is 0 Å². The number of hydrogen-bond acceptors (Lipinski definition) is 3. The van der Waals surface area contributed by atoms with Crippen LogP contribution >= 0.6 is 0 Å². The van der Waals surface area contributed by atoms with E-state index in [0.29, 0.717) is 12.8 Å². The number of amides is 1. The third kappa shape index (κ3) is 3.88. The summed E-state index contributed by atoms with van der Waals surface area (Å²) >= 11 is 0. The summed E-state index contributed by atoms with van der Waals surface area (Å²) in [5.41, 5.74) is -0.883. The number of halogens is 3. The minimum absolute atomic E-state index is 0.0917. The molecule has 2 fully saturated rings. The zero-order chi connectivity index (χ0) is 18.9. The average molecular weight is 390 g/mol. The molecule has 0 bridgehead atoms. The number of rotatable bonds is 3. The zero-order valence-corrected chi connectivity index (χ0v) is 15.0. The Balaban J connectivity index is 1.65. The quantitative estimate of drug-likeness (QED) is 0.798. The minimum Gasteiger partial charge on any atom is -0.342 e. The second-order valence-electron chi connectivity index (χ2n) is 6.73. The first-order chi connectivity index (χ1) is 12.2. The second kappa shape index (κ2) is 7.19. The molecule has 0 aliphatic carbocycles. The summed E-state index contributed by atoms with van der Waals surface area (Å²) in [4.78, 5) is 14.1. The van der Waals surface area contributed by atoms with E-state index in [1.54, 1.807) is 0 Å². The van der Waals surface area contributed by atoms with Crippen LogP contribution in [0, 0.1) is 5.92 Å². The molecule has 0 unspecified atom stereocenters. The molecule has 9 heteroatoms. The molecule has 0 aromatic heterocycles. The number of carbonyl (C=O) groups excluding carboxylic acids is 1. The van der Waals surface area contributed by atoms with E-state index in [1.165, 1.54) is 4.31 Å². The third-order valence-electron chi connectivity index (χ3n) is 5.04. The van der Waals surface area contributed by atoms with Crippen LogP contribution in [0.2, 0.25) is 0 Å². The average Bonchev–Trinajstić information content (AvgIpc) is 3.15. The zero-order valence-electron chi connectivity index (χ0n) is 14.2. The fourth-order valence-corrected chi connectivity index (χ4v) is 4.97. The van der Waals surface area contributed by atoms with Crippen molar-refractivity contribution in [1.82, 2.24) is 9.21 Å². The molecule has 2 heterocycles. The highest BCUT2D eigenvalue weighted by Gasteiger charge is 2.35. The molecule has 1 aromatic rings. The lowest BCUT2D eigenvalue weighted by Crippen LogP contribution is -2.43. The summed E-state index contributed by atoms with van der Waals surface area (Å²) in [6.45, 7) is 1.94. The smallest absolute Gasteiger partial charge is 0.342 e. The molecule has 2 saturated heterocycles. The van der Waals surface area contributed by atoms with Gasteiger partial charge in [0, 0.05) is 32.1 Å². The molecule has 144 valence electrons. The number of likely N-dealkylation sites (tertiary alicyclic amines) is 1. The van der Waals surface area contributed by atoms with Crippen LogP contribution in [-0.2, 0) is 21.0 Å². The maximum atomic E-state index is 12.6. The van der Waals surface area contributed by atoms with E-state index >= 15 is 0 Å². The Morgan fingerprint density at radius 2 is 1.50 bits per heavy atom. The van der Waals surface area contributed by atoms with Gasteiger partial charge in [0.2, 0.25) is 15.9 Å². The first kappa shape index (κ1) is 19.2. The van der Waals surface area contributed by atoms with E-state index in [0.717, 1.165) is 50.2 Å². The summed E-state index contributed by atoms with van der Waals surface area (Å²) < 4.78 is 64.4. The van der Waals surface area contributed by atoms with Crippen molar-refractivity contribution in [3.63, 3.8) is 0 Å². The van der Waals surface area contributed by atoms with Crippen LogP contribution in [0.15, 0.2) is 29.2 Å². The van der Waals surface area contributed by atoms with Crippen molar-refractivity contribution in [2.75, 3.05) is 26.2 Å². The van der Waals surface area contributed by atoms with Crippen molar-refractivity contribution < 1.29 is 26.4 Å². The van der Waals surface area contributed by atoms with Gasteiger partial charge >= 0.3 is 6.18 Å². The molecule has 5 nitrogen and oxygen atoms in total. The molecule has 3 rings (SSSR count).